The fraction of sp³-hybridized carbons (Fsp3) is 0.273. The number of hydroxylamine groups is 1. The molecule has 2 N–H and O–H groups in total. The van der Waals surface area contributed by atoms with Crippen molar-refractivity contribution in [3.63, 3.8) is 0 Å². The lowest BCUT2D eigenvalue weighted by molar-refractivity contribution is -0.138. The third-order valence-corrected chi connectivity index (χ3v) is 7.01. The molecule has 10 nitrogen and oxygen atoms in total. The zero-order chi connectivity index (χ0) is 24.9. The van der Waals surface area contributed by atoms with Crippen molar-refractivity contribution in [1.82, 2.24) is 19.3 Å². The number of nitrogens with zero attached hydrogens (tertiary/aromatic N) is 3. The van der Waals surface area contributed by atoms with Gasteiger partial charge in [-0.1, -0.05) is 0 Å². The smallest absolute Gasteiger partial charge is 0.264 e. The number of rotatable bonds is 10. The second-order valence-corrected chi connectivity index (χ2v) is 9.44. The minimum atomic E-state index is -4.16. The lowest BCUT2D eigenvalue weighted by Crippen LogP contribution is -2.53. The Morgan fingerprint density at radius 2 is 1.76 bits per heavy atom. The summed E-state index contributed by atoms with van der Waals surface area (Å²) in [5.74, 6) is -0.0551. The number of nitrogens with one attached hydrogen (secondary N) is 1. The molecule has 0 saturated heterocycles. The number of imidazole rings is 1. The number of aromatic nitrogens is 2. The molecule has 1 aromatic heterocycles. The number of aryl methyl sites for hydroxylation is 1. The third-order valence-electron chi connectivity index (χ3n) is 5.16. The van der Waals surface area contributed by atoms with Crippen LogP contribution in [-0.4, -0.2) is 52.6 Å². The highest BCUT2D eigenvalue weighted by Crippen LogP contribution is 2.25. The van der Waals surface area contributed by atoms with Crippen molar-refractivity contribution < 1.29 is 32.3 Å². The van der Waals surface area contributed by atoms with Crippen molar-refractivity contribution in [2.75, 3.05) is 7.05 Å². The fourth-order valence-electron chi connectivity index (χ4n) is 3.21. The van der Waals surface area contributed by atoms with E-state index in [4.69, 9.17) is 9.47 Å². The van der Waals surface area contributed by atoms with E-state index < -0.39 is 33.9 Å². The summed E-state index contributed by atoms with van der Waals surface area (Å²) in [5.41, 5.74) is 1.50. The zero-order valence-corrected chi connectivity index (χ0v) is 19.6. The number of ether oxygens (including phenoxy) is 2. The zero-order valence-electron chi connectivity index (χ0n) is 18.8. The average Bonchev–Trinajstić information content (AvgIpc) is 3.24. The van der Waals surface area contributed by atoms with Crippen LogP contribution in [0.1, 0.15) is 12.7 Å². The van der Waals surface area contributed by atoms with Crippen molar-refractivity contribution in [3.8, 4) is 11.5 Å². The molecule has 0 fully saturated rings. The molecule has 0 saturated carbocycles. The molecule has 0 aliphatic carbocycles. The van der Waals surface area contributed by atoms with Crippen molar-refractivity contribution in [2.24, 2.45) is 7.05 Å². The number of sulfonamides is 1. The Hall–Kier alpha value is -3.32. The van der Waals surface area contributed by atoms with Gasteiger partial charge in [-0.25, -0.2) is 23.3 Å². The van der Waals surface area contributed by atoms with Gasteiger partial charge in [0.05, 0.1) is 11.0 Å². The normalized spacial score (nSPS) is 13.5. The summed E-state index contributed by atoms with van der Waals surface area (Å²) in [4.78, 5) is 16.4. The number of benzene rings is 2. The van der Waals surface area contributed by atoms with Gasteiger partial charge >= 0.3 is 0 Å². The van der Waals surface area contributed by atoms with Gasteiger partial charge in [-0.3, -0.25) is 10.0 Å². The monoisotopic (exact) mass is 492 g/mol. The Bertz CT molecular complexity index is 1210. The molecule has 12 heteroatoms. The van der Waals surface area contributed by atoms with E-state index in [-0.39, 0.29) is 11.5 Å². The van der Waals surface area contributed by atoms with E-state index in [1.165, 1.54) is 68.0 Å². The summed E-state index contributed by atoms with van der Waals surface area (Å²) in [6.07, 6.45) is 2.38. The standard InChI is InChI=1S/C22H25FN4O6S/c1-15(32-14-20-24-12-13-26(20)2)21(22(28)25-29)27(3)34(30,31)19-10-8-18(9-11-19)33-17-6-4-16(23)5-7-17/h4-13,15,21,29H,14H2,1-3H3,(H,25,28)/t15-,21?/m1/s1. The van der Waals surface area contributed by atoms with Crippen LogP contribution in [0.4, 0.5) is 4.39 Å². The van der Waals surface area contributed by atoms with Crippen LogP contribution in [0.5, 0.6) is 11.5 Å². The van der Waals surface area contributed by atoms with E-state index in [9.17, 15) is 22.8 Å². The highest BCUT2D eigenvalue weighted by molar-refractivity contribution is 7.89. The summed E-state index contributed by atoms with van der Waals surface area (Å²) in [6.45, 7) is 1.55. The van der Waals surface area contributed by atoms with E-state index in [1.54, 1.807) is 24.0 Å². The molecule has 0 aliphatic rings. The number of carbonyl (C=O) groups excluding carboxylic acids is 1. The van der Waals surface area contributed by atoms with Crippen molar-refractivity contribution in [2.45, 2.75) is 30.6 Å². The Morgan fingerprint density at radius 1 is 1.18 bits per heavy atom. The van der Waals surface area contributed by atoms with Gasteiger partial charge in [0.15, 0.2) is 0 Å². The number of amides is 1. The lowest BCUT2D eigenvalue weighted by Gasteiger charge is -2.30. The van der Waals surface area contributed by atoms with E-state index in [0.717, 1.165) is 4.31 Å². The van der Waals surface area contributed by atoms with Gasteiger partial charge in [-0.15, -0.1) is 0 Å². The first-order valence-corrected chi connectivity index (χ1v) is 11.6. The van der Waals surface area contributed by atoms with E-state index >= 15 is 0 Å². The molecule has 3 rings (SSSR count). The molecule has 2 aromatic carbocycles. The Kier molecular flexibility index (Phi) is 7.99. The molecule has 0 spiro atoms. The SMILES string of the molecule is C[C@@H](OCc1nccn1C)C(C(=O)NO)N(C)S(=O)(=O)c1ccc(Oc2ccc(F)cc2)cc1. The van der Waals surface area contributed by atoms with Crippen LogP contribution in [0.15, 0.2) is 65.8 Å². The molecule has 1 amide bonds. The molecule has 1 unspecified atom stereocenters. The van der Waals surface area contributed by atoms with Gasteiger partial charge in [-0.2, -0.15) is 4.31 Å². The minimum absolute atomic E-state index is 0.0309. The fourth-order valence-corrected chi connectivity index (χ4v) is 4.59. The second kappa shape index (κ2) is 10.7. The maximum atomic E-state index is 13.2. The first kappa shape index (κ1) is 25.3. The molecular weight excluding hydrogens is 467 g/mol. The highest BCUT2D eigenvalue weighted by atomic mass is 32.2. The molecule has 182 valence electrons. The van der Waals surface area contributed by atoms with E-state index in [0.29, 0.717) is 17.3 Å². The van der Waals surface area contributed by atoms with Crippen LogP contribution < -0.4 is 10.2 Å². The molecule has 2 atom stereocenters. The molecule has 0 aliphatic heterocycles. The summed E-state index contributed by atoms with van der Waals surface area (Å²) >= 11 is 0. The first-order chi connectivity index (χ1) is 16.1. The quantitative estimate of drug-likeness (QED) is 0.329. The van der Waals surface area contributed by atoms with Crippen LogP contribution >= 0.6 is 0 Å². The lowest BCUT2D eigenvalue weighted by atomic mass is 10.2. The topological polar surface area (TPSA) is 123 Å². The van der Waals surface area contributed by atoms with Crippen molar-refractivity contribution >= 4 is 15.9 Å². The summed E-state index contributed by atoms with van der Waals surface area (Å²) in [5, 5.41) is 9.20. The number of hydrogen-bond donors (Lipinski definition) is 2. The highest BCUT2D eigenvalue weighted by Gasteiger charge is 2.37. The molecule has 34 heavy (non-hydrogen) atoms. The van der Waals surface area contributed by atoms with Gasteiger partial charge in [0.2, 0.25) is 10.0 Å². The van der Waals surface area contributed by atoms with E-state index in [2.05, 4.69) is 4.98 Å². The van der Waals surface area contributed by atoms with Gasteiger partial charge in [0.1, 0.15) is 35.8 Å². The summed E-state index contributed by atoms with van der Waals surface area (Å²) < 4.78 is 53.3. The number of hydrogen-bond acceptors (Lipinski definition) is 7. The van der Waals surface area contributed by atoms with Crippen LogP contribution in [0.3, 0.4) is 0 Å². The Morgan fingerprint density at radius 3 is 2.29 bits per heavy atom. The molecule has 0 radical (unpaired) electrons. The number of likely N-dealkylation sites (N-methyl/N-ethyl adjacent to an activating group) is 1. The number of halogens is 1. The molecule has 1 heterocycles. The maximum absolute atomic E-state index is 13.2. The maximum Gasteiger partial charge on any atom is 0.264 e. The van der Waals surface area contributed by atoms with Crippen molar-refractivity contribution in [1.29, 1.82) is 0 Å². The Labute approximate surface area is 196 Å². The van der Waals surface area contributed by atoms with Gasteiger partial charge in [-0.05, 0) is 55.5 Å². The molecule has 0 bridgehead atoms. The van der Waals surface area contributed by atoms with Crippen LogP contribution in [0.2, 0.25) is 0 Å². The number of carbonyl (C=O) groups is 1. The third kappa shape index (κ3) is 5.78. The summed E-state index contributed by atoms with van der Waals surface area (Å²) in [6, 6.07) is 9.51. The van der Waals surface area contributed by atoms with Crippen LogP contribution in [0.25, 0.3) is 0 Å². The largest absolute Gasteiger partial charge is 0.457 e. The second-order valence-electron chi connectivity index (χ2n) is 7.44. The van der Waals surface area contributed by atoms with Crippen LogP contribution in [-0.2, 0) is 33.2 Å². The van der Waals surface area contributed by atoms with Crippen molar-refractivity contribution in [3.05, 3.63) is 72.6 Å². The van der Waals surface area contributed by atoms with Gasteiger partial charge in [0, 0.05) is 26.5 Å². The molecular formula is C22H25FN4O6S. The summed E-state index contributed by atoms with van der Waals surface area (Å²) in [7, 11) is -1.17. The Balaban J connectivity index is 1.76. The van der Waals surface area contributed by atoms with Gasteiger partial charge in [0.25, 0.3) is 5.91 Å². The minimum Gasteiger partial charge on any atom is -0.457 e. The molecule has 3 aromatic rings. The van der Waals surface area contributed by atoms with Gasteiger partial charge < -0.3 is 14.0 Å². The predicted octanol–water partition coefficient (Wildman–Crippen LogP) is 2.45. The average molecular weight is 493 g/mol. The predicted molar refractivity (Wildman–Crippen MR) is 119 cm³/mol. The van der Waals surface area contributed by atoms with E-state index in [1.807, 2.05) is 0 Å². The first-order valence-electron chi connectivity index (χ1n) is 10.2. The van der Waals surface area contributed by atoms with Crippen LogP contribution in [0, 0.1) is 5.82 Å².